The summed E-state index contributed by atoms with van der Waals surface area (Å²) in [5, 5.41) is 33.4. The second-order valence-corrected chi connectivity index (χ2v) is 9.80. The minimum Gasteiger partial charge on any atom is -0.497 e. The number of halogens is 2. The quantitative estimate of drug-likeness (QED) is 0.134. The van der Waals surface area contributed by atoms with Gasteiger partial charge in [-0.3, -0.25) is 19.8 Å². The van der Waals surface area contributed by atoms with Crippen LogP contribution in [0, 0.1) is 21.7 Å². The molecule has 14 heteroatoms. The summed E-state index contributed by atoms with van der Waals surface area (Å²) in [7, 11) is 1.55. The van der Waals surface area contributed by atoms with Crippen molar-refractivity contribution in [3.63, 3.8) is 0 Å². The molecule has 1 aliphatic rings. The molecule has 0 atom stereocenters. The lowest BCUT2D eigenvalue weighted by Crippen LogP contribution is -2.48. The number of fused-ring (bicyclic) bond motifs is 1. The van der Waals surface area contributed by atoms with Crippen molar-refractivity contribution in [2.75, 3.05) is 44.7 Å². The molecule has 2 N–H and O–H groups in total. The number of non-ortho nitro benzene ring substituents is 1. The minimum absolute atomic E-state index is 0.0239. The Labute approximate surface area is 242 Å². The van der Waals surface area contributed by atoms with Gasteiger partial charge in [0, 0.05) is 55.9 Å². The number of oxime groups is 1. The van der Waals surface area contributed by atoms with E-state index in [2.05, 4.69) is 5.16 Å². The van der Waals surface area contributed by atoms with E-state index in [1.165, 1.54) is 6.07 Å². The van der Waals surface area contributed by atoms with Crippen molar-refractivity contribution in [1.29, 1.82) is 0 Å². The number of aromatic carboxylic acids is 1. The maximum Gasteiger partial charge on any atom is 0.341 e. The molecule has 1 saturated heterocycles. The zero-order chi connectivity index (χ0) is 30.8. The third-order valence-corrected chi connectivity index (χ3v) is 7.33. The summed E-state index contributed by atoms with van der Waals surface area (Å²) in [5.74, 6) is -2.74. The first-order valence-corrected chi connectivity index (χ1v) is 13.0. The van der Waals surface area contributed by atoms with Gasteiger partial charge in [-0.25, -0.2) is 13.6 Å². The Morgan fingerprint density at radius 3 is 2.28 bits per heavy atom. The van der Waals surface area contributed by atoms with E-state index in [9.17, 15) is 30.0 Å². The summed E-state index contributed by atoms with van der Waals surface area (Å²) in [6.45, 7) is 1.97. The van der Waals surface area contributed by atoms with E-state index in [4.69, 9.17) is 4.74 Å². The predicted octanol–water partition coefficient (Wildman–Crippen LogP) is 3.88. The van der Waals surface area contributed by atoms with Crippen LogP contribution in [0.3, 0.4) is 0 Å². The number of piperazine rings is 1. The molecule has 1 aromatic heterocycles. The molecule has 0 bridgehead atoms. The Balaban J connectivity index is 1.46. The van der Waals surface area contributed by atoms with Gasteiger partial charge in [0.15, 0.2) is 5.82 Å². The molecule has 222 valence electrons. The number of aromatic nitrogens is 1. The van der Waals surface area contributed by atoms with Crippen LogP contribution in [0.1, 0.15) is 15.9 Å². The molecule has 2 heterocycles. The summed E-state index contributed by atoms with van der Waals surface area (Å²) >= 11 is 0. The molecule has 0 unspecified atom stereocenters. The van der Waals surface area contributed by atoms with E-state index < -0.39 is 39.2 Å². The standard InChI is InChI=1S/C29H25F2N5O7/c1-43-19-5-2-17(3-6-19)24(32-40)16-33-8-10-34(11-9-33)27-14-26-20(13-23(27)31)28(37)21(29(38)39)15-35(26)25-7-4-18(36(41)42)12-22(25)30/h2-7,12-15,40H,8-11,16H2,1H3,(H,38,39). The lowest BCUT2D eigenvalue weighted by Gasteiger charge is -2.36. The normalized spacial score (nSPS) is 14.2. The number of nitro groups is 1. The molecule has 5 rings (SSSR count). The van der Waals surface area contributed by atoms with E-state index in [0.29, 0.717) is 55.8 Å². The third kappa shape index (κ3) is 5.72. The maximum absolute atomic E-state index is 15.5. The van der Waals surface area contributed by atoms with Gasteiger partial charge in [-0.2, -0.15) is 0 Å². The Morgan fingerprint density at radius 2 is 1.70 bits per heavy atom. The van der Waals surface area contributed by atoms with Gasteiger partial charge < -0.3 is 24.5 Å². The lowest BCUT2D eigenvalue weighted by atomic mass is 10.1. The van der Waals surface area contributed by atoms with Gasteiger partial charge in [-0.1, -0.05) is 5.16 Å². The van der Waals surface area contributed by atoms with Crippen LogP contribution in [0.5, 0.6) is 5.75 Å². The van der Waals surface area contributed by atoms with E-state index >= 15 is 8.78 Å². The van der Waals surface area contributed by atoms with Gasteiger partial charge in [0.05, 0.1) is 35.0 Å². The van der Waals surface area contributed by atoms with Crippen LogP contribution >= 0.6 is 0 Å². The Bertz CT molecular complexity index is 1820. The number of nitrogens with zero attached hydrogens (tertiary/aromatic N) is 5. The average Bonchev–Trinajstić information content (AvgIpc) is 3.00. The lowest BCUT2D eigenvalue weighted by molar-refractivity contribution is -0.385. The summed E-state index contributed by atoms with van der Waals surface area (Å²) in [5.41, 5.74) is -1.16. The van der Waals surface area contributed by atoms with E-state index in [1.54, 1.807) is 36.3 Å². The van der Waals surface area contributed by atoms with E-state index in [1.807, 2.05) is 4.90 Å². The maximum atomic E-state index is 15.5. The molecule has 0 radical (unpaired) electrons. The van der Waals surface area contributed by atoms with Gasteiger partial charge in [-0.05, 0) is 42.5 Å². The van der Waals surface area contributed by atoms with Crippen molar-refractivity contribution in [3.8, 4) is 11.4 Å². The molecule has 12 nitrogen and oxygen atoms in total. The number of nitro benzene ring substituents is 1. The van der Waals surface area contributed by atoms with Gasteiger partial charge in [0.25, 0.3) is 5.69 Å². The first-order valence-electron chi connectivity index (χ1n) is 13.0. The SMILES string of the molecule is COc1ccc(C(CN2CCN(c3cc4c(cc3F)c(=O)c(C(=O)O)cn4-c3ccc([N+](=O)[O-])cc3F)CC2)=NO)cc1. The third-order valence-electron chi connectivity index (χ3n) is 7.33. The highest BCUT2D eigenvalue weighted by Gasteiger charge is 2.25. The summed E-state index contributed by atoms with van der Waals surface area (Å²) in [4.78, 5) is 38.8. The molecule has 1 fully saturated rings. The molecule has 4 aromatic rings. The molecule has 0 spiro atoms. The largest absolute Gasteiger partial charge is 0.497 e. The zero-order valence-corrected chi connectivity index (χ0v) is 22.7. The van der Waals surface area contributed by atoms with Crippen molar-refractivity contribution in [2.24, 2.45) is 5.16 Å². The predicted molar refractivity (Wildman–Crippen MR) is 153 cm³/mol. The number of carbonyl (C=O) groups is 1. The van der Waals surface area contributed by atoms with Crippen LogP contribution < -0.4 is 15.1 Å². The number of anilines is 1. The van der Waals surface area contributed by atoms with E-state index in [0.717, 1.165) is 29.0 Å². The highest BCUT2D eigenvalue weighted by molar-refractivity contribution is 6.01. The molecule has 1 aliphatic heterocycles. The molecule has 0 saturated carbocycles. The van der Waals surface area contributed by atoms with Crippen LogP contribution in [0.15, 0.2) is 70.7 Å². The number of methoxy groups -OCH3 is 1. The Morgan fingerprint density at radius 1 is 1.02 bits per heavy atom. The van der Waals surface area contributed by atoms with Crippen LogP contribution in [0.2, 0.25) is 0 Å². The monoisotopic (exact) mass is 593 g/mol. The molecule has 3 aromatic carbocycles. The fourth-order valence-electron chi connectivity index (χ4n) is 5.06. The molecule has 0 amide bonds. The fourth-order valence-corrected chi connectivity index (χ4v) is 5.06. The summed E-state index contributed by atoms with van der Waals surface area (Å²) < 4.78 is 36.8. The Hall–Kier alpha value is -5.37. The summed E-state index contributed by atoms with van der Waals surface area (Å²) in [6, 6.07) is 12.1. The minimum atomic E-state index is -1.59. The van der Waals surface area contributed by atoms with Gasteiger partial charge >= 0.3 is 5.97 Å². The Kier molecular flexibility index (Phi) is 8.03. The van der Waals surface area contributed by atoms with Gasteiger partial charge in [0.2, 0.25) is 5.43 Å². The molecular weight excluding hydrogens is 568 g/mol. The van der Waals surface area contributed by atoms with Crippen LogP contribution in [0.4, 0.5) is 20.2 Å². The van der Waals surface area contributed by atoms with Crippen LogP contribution in [-0.2, 0) is 0 Å². The van der Waals surface area contributed by atoms with Crippen molar-refractivity contribution >= 4 is 34.0 Å². The van der Waals surface area contributed by atoms with Gasteiger partial charge in [0.1, 0.15) is 22.8 Å². The van der Waals surface area contributed by atoms with Crippen LogP contribution in [-0.4, -0.2) is 76.2 Å². The first-order chi connectivity index (χ1) is 20.6. The van der Waals surface area contributed by atoms with Crippen molar-refractivity contribution in [2.45, 2.75) is 0 Å². The molecular formula is C29H25F2N5O7. The van der Waals surface area contributed by atoms with Crippen molar-refractivity contribution in [1.82, 2.24) is 9.47 Å². The highest BCUT2D eigenvalue weighted by atomic mass is 19.1. The van der Waals surface area contributed by atoms with Crippen molar-refractivity contribution < 1.29 is 33.5 Å². The number of hydrogen-bond acceptors (Lipinski definition) is 9. The number of hydrogen-bond donors (Lipinski definition) is 2. The zero-order valence-electron chi connectivity index (χ0n) is 22.7. The molecule has 0 aliphatic carbocycles. The van der Waals surface area contributed by atoms with Crippen LogP contribution in [0.25, 0.3) is 16.6 Å². The fraction of sp³-hybridized carbons (Fsp3) is 0.207. The molecule has 43 heavy (non-hydrogen) atoms. The highest BCUT2D eigenvalue weighted by Crippen LogP contribution is 2.29. The topological polar surface area (TPSA) is 151 Å². The second kappa shape index (κ2) is 11.9. The average molecular weight is 594 g/mol. The number of pyridine rings is 1. The van der Waals surface area contributed by atoms with Gasteiger partial charge in [-0.15, -0.1) is 0 Å². The number of ether oxygens (including phenoxy) is 1. The number of rotatable bonds is 8. The number of carboxylic acid groups (broad SMARTS) is 1. The van der Waals surface area contributed by atoms with E-state index in [-0.39, 0.29) is 22.3 Å². The summed E-state index contributed by atoms with van der Waals surface area (Å²) in [6.07, 6.45) is 0.922. The number of carboxylic acids is 1. The smallest absolute Gasteiger partial charge is 0.341 e. The van der Waals surface area contributed by atoms with Crippen molar-refractivity contribution in [3.05, 3.63) is 104 Å². The second-order valence-electron chi connectivity index (χ2n) is 9.80. The number of benzene rings is 3. The first kappa shape index (κ1) is 29.1.